The summed E-state index contributed by atoms with van der Waals surface area (Å²) in [4.78, 5) is 11.5. The zero-order chi connectivity index (χ0) is 18.7. The highest BCUT2D eigenvalue weighted by atomic mass is 16.3. The van der Waals surface area contributed by atoms with Gasteiger partial charge < -0.3 is 10.4 Å². The molecule has 8 atom stereocenters. The van der Waals surface area contributed by atoms with Crippen LogP contribution in [0.15, 0.2) is 11.6 Å². The standard InChI is InChI=1S/C23H37NO2/c1-5-18-21(26)13-20-17-7-6-15-12-16(24-14(2)25)8-10-22(15,3)19(17)9-11-23(18,20)4/h5,15-17,19-21,26H,6-13H2,1-4H3,(H,24,25)/b18-5-/t15?,16-,17-,19+,20+,21-,22+,23-/m1/s1. The SMILES string of the molecule is C/C=C1/[C@H](O)C[C@H]2[C@@H]3CCC4C[C@H](NC(C)=O)CC[C@]4(C)[C@H]3CC[C@]12C. The molecule has 0 aromatic heterocycles. The van der Waals surface area contributed by atoms with E-state index < -0.39 is 0 Å². The molecule has 4 rings (SSSR count). The van der Waals surface area contributed by atoms with E-state index in [-0.39, 0.29) is 17.4 Å². The van der Waals surface area contributed by atoms with E-state index in [1.165, 1.54) is 44.1 Å². The number of nitrogens with one attached hydrogen (secondary N) is 1. The Balaban J connectivity index is 1.56. The van der Waals surface area contributed by atoms with Gasteiger partial charge in [0, 0.05) is 13.0 Å². The Labute approximate surface area is 159 Å². The summed E-state index contributed by atoms with van der Waals surface area (Å²) in [6.45, 7) is 8.75. The molecule has 3 nitrogen and oxygen atoms in total. The minimum atomic E-state index is -0.213. The minimum absolute atomic E-state index is 0.125. The fourth-order valence-electron chi connectivity index (χ4n) is 8.06. The van der Waals surface area contributed by atoms with Gasteiger partial charge >= 0.3 is 0 Å². The summed E-state index contributed by atoms with van der Waals surface area (Å²) >= 11 is 0. The van der Waals surface area contributed by atoms with E-state index in [9.17, 15) is 9.90 Å². The van der Waals surface area contributed by atoms with Gasteiger partial charge in [0.1, 0.15) is 0 Å². The first-order valence-electron chi connectivity index (χ1n) is 10.9. The summed E-state index contributed by atoms with van der Waals surface area (Å²) < 4.78 is 0. The topological polar surface area (TPSA) is 49.3 Å². The second kappa shape index (κ2) is 6.36. The Morgan fingerprint density at radius 1 is 1.12 bits per heavy atom. The first kappa shape index (κ1) is 18.5. The van der Waals surface area contributed by atoms with Crippen molar-refractivity contribution < 1.29 is 9.90 Å². The summed E-state index contributed by atoms with van der Waals surface area (Å²) in [5, 5.41) is 13.9. The van der Waals surface area contributed by atoms with Crippen molar-refractivity contribution in [3.05, 3.63) is 11.6 Å². The molecule has 0 spiro atoms. The Morgan fingerprint density at radius 2 is 1.88 bits per heavy atom. The molecule has 0 saturated heterocycles. The van der Waals surface area contributed by atoms with E-state index >= 15 is 0 Å². The predicted molar refractivity (Wildman–Crippen MR) is 104 cm³/mol. The highest BCUT2D eigenvalue weighted by molar-refractivity contribution is 5.73. The number of allylic oxidation sites excluding steroid dienone is 1. The van der Waals surface area contributed by atoms with Gasteiger partial charge in [0.2, 0.25) is 5.91 Å². The van der Waals surface area contributed by atoms with Crippen LogP contribution in [0.3, 0.4) is 0 Å². The molecule has 4 aliphatic carbocycles. The van der Waals surface area contributed by atoms with Gasteiger partial charge in [-0.05, 0) is 98.4 Å². The zero-order valence-electron chi connectivity index (χ0n) is 17.1. The Kier molecular flexibility index (Phi) is 4.53. The maximum Gasteiger partial charge on any atom is 0.217 e. The quantitative estimate of drug-likeness (QED) is 0.680. The first-order chi connectivity index (χ1) is 12.3. The number of amides is 1. The van der Waals surface area contributed by atoms with Crippen LogP contribution in [-0.2, 0) is 4.79 Å². The van der Waals surface area contributed by atoms with Crippen molar-refractivity contribution >= 4 is 5.91 Å². The lowest BCUT2D eigenvalue weighted by Crippen LogP contribution is -2.54. The lowest BCUT2D eigenvalue weighted by Gasteiger charge is -2.60. The van der Waals surface area contributed by atoms with Gasteiger partial charge in [-0.1, -0.05) is 19.9 Å². The summed E-state index contributed by atoms with van der Waals surface area (Å²) in [5.74, 6) is 3.12. The van der Waals surface area contributed by atoms with Crippen molar-refractivity contribution in [3.63, 3.8) is 0 Å². The summed E-state index contributed by atoms with van der Waals surface area (Å²) in [6.07, 6.45) is 11.7. The van der Waals surface area contributed by atoms with Crippen molar-refractivity contribution in [1.82, 2.24) is 5.32 Å². The molecule has 0 aliphatic heterocycles. The normalized spacial score (nSPS) is 52.1. The third-order valence-corrected chi connectivity index (χ3v) is 9.27. The van der Waals surface area contributed by atoms with Gasteiger partial charge in [-0.3, -0.25) is 4.79 Å². The zero-order valence-corrected chi connectivity index (χ0v) is 17.1. The molecule has 0 aromatic rings. The molecular formula is C23H37NO2. The number of rotatable bonds is 1. The second-order valence-electron chi connectivity index (χ2n) is 10.3. The van der Waals surface area contributed by atoms with Crippen LogP contribution in [0.5, 0.6) is 0 Å². The van der Waals surface area contributed by atoms with E-state index in [0.29, 0.717) is 17.4 Å². The van der Waals surface area contributed by atoms with Gasteiger partial charge in [-0.2, -0.15) is 0 Å². The fourth-order valence-corrected chi connectivity index (χ4v) is 8.06. The van der Waals surface area contributed by atoms with Crippen molar-refractivity contribution in [3.8, 4) is 0 Å². The second-order valence-corrected chi connectivity index (χ2v) is 10.3. The van der Waals surface area contributed by atoms with Crippen LogP contribution < -0.4 is 5.32 Å². The summed E-state index contributed by atoms with van der Waals surface area (Å²) in [5.41, 5.74) is 1.98. The maximum atomic E-state index is 11.5. The molecule has 26 heavy (non-hydrogen) atoms. The van der Waals surface area contributed by atoms with Gasteiger partial charge in [0.25, 0.3) is 0 Å². The molecule has 2 N–H and O–H groups in total. The van der Waals surface area contributed by atoms with Crippen LogP contribution in [0.4, 0.5) is 0 Å². The van der Waals surface area contributed by atoms with E-state index in [2.05, 4.69) is 32.2 Å². The Morgan fingerprint density at radius 3 is 2.58 bits per heavy atom. The van der Waals surface area contributed by atoms with Gasteiger partial charge in [0.05, 0.1) is 6.10 Å². The number of aliphatic hydroxyl groups excluding tert-OH is 1. The number of hydrogen-bond acceptors (Lipinski definition) is 2. The molecule has 0 bridgehead atoms. The van der Waals surface area contributed by atoms with Crippen LogP contribution in [0.1, 0.15) is 79.1 Å². The Hall–Kier alpha value is -0.830. The van der Waals surface area contributed by atoms with Crippen LogP contribution >= 0.6 is 0 Å². The third-order valence-electron chi connectivity index (χ3n) is 9.27. The number of fused-ring (bicyclic) bond motifs is 5. The molecule has 0 radical (unpaired) electrons. The molecule has 0 aromatic carbocycles. The smallest absolute Gasteiger partial charge is 0.217 e. The predicted octanol–water partition coefficient (Wildman–Crippen LogP) is 4.45. The molecular weight excluding hydrogens is 322 g/mol. The molecule has 4 saturated carbocycles. The molecule has 1 unspecified atom stereocenters. The van der Waals surface area contributed by atoms with Crippen molar-refractivity contribution in [2.45, 2.75) is 91.2 Å². The van der Waals surface area contributed by atoms with Crippen molar-refractivity contribution in [1.29, 1.82) is 0 Å². The summed E-state index contributed by atoms with van der Waals surface area (Å²) in [7, 11) is 0. The Bertz CT molecular complexity index is 613. The molecule has 0 heterocycles. The molecule has 3 heteroatoms. The monoisotopic (exact) mass is 359 g/mol. The van der Waals surface area contributed by atoms with Gasteiger partial charge in [-0.25, -0.2) is 0 Å². The average molecular weight is 360 g/mol. The lowest BCUT2D eigenvalue weighted by molar-refractivity contribution is -0.123. The van der Waals surface area contributed by atoms with Gasteiger partial charge in [-0.15, -0.1) is 0 Å². The molecule has 4 aliphatic rings. The third kappa shape index (κ3) is 2.60. The lowest BCUT2D eigenvalue weighted by atomic mass is 9.45. The van der Waals surface area contributed by atoms with E-state index in [1.807, 2.05) is 0 Å². The molecule has 4 fully saturated rings. The molecule has 1 amide bonds. The average Bonchev–Trinajstić information content (AvgIpc) is 2.84. The number of carbonyl (C=O) groups excluding carboxylic acids is 1. The van der Waals surface area contributed by atoms with E-state index in [1.54, 1.807) is 6.92 Å². The van der Waals surface area contributed by atoms with Crippen LogP contribution in [0, 0.1) is 34.5 Å². The number of hydrogen-bond donors (Lipinski definition) is 2. The van der Waals surface area contributed by atoms with E-state index in [4.69, 9.17) is 0 Å². The number of carbonyl (C=O) groups is 1. The van der Waals surface area contributed by atoms with E-state index in [0.717, 1.165) is 30.6 Å². The van der Waals surface area contributed by atoms with Crippen LogP contribution in [0.25, 0.3) is 0 Å². The number of aliphatic hydroxyl groups is 1. The van der Waals surface area contributed by atoms with Crippen LogP contribution in [0.2, 0.25) is 0 Å². The largest absolute Gasteiger partial charge is 0.389 e. The first-order valence-corrected chi connectivity index (χ1v) is 10.9. The highest BCUT2D eigenvalue weighted by Crippen LogP contribution is 2.67. The molecule has 146 valence electrons. The van der Waals surface area contributed by atoms with Crippen molar-refractivity contribution in [2.24, 2.45) is 34.5 Å². The van der Waals surface area contributed by atoms with Crippen molar-refractivity contribution in [2.75, 3.05) is 0 Å². The highest BCUT2D eigenvalue weighted by Gasteiger charge is 2.60. The van der Waals surface area contributed by atoms with Crippen LogP contribution in [-0.4, -0.2) is 23.2 Å². The maximum absolute atomic E-state index is 11.5. The van der Waals surface area contributed by atoms with Gasteiger partial charge in [0.15, 0.2) is 0 Å². The minimum Gasteiger partial charge on any atom is -0.389 e. The fraction of sp³-hybridized carbons (Fsp3) is 0.870. The summed E-state index contributed by atoms with van der Waals surface area (Å²) in [6, 6.07) is 0.388.